The minimum atomic E-state index is -1.37. The number of methoxy groups -OCH3 is 1. The molecule has 5 nitrogen and oxygen atoms in total. The van der Waals surface area contributed by atoms with Gasteiger partial charge in [-0.25, -0.2) is 9.37 Å². The van der Waals surface area contributed by atoms with Crippen LogP contribution in [0.3, 0.4) is 0 Å². The molecule has 104 valence electrons. The van der Waals surface area contributed by atoms with E-state index in [1.807, 2.05) is 4.57 Å². The number of fused-ring (bicyclic) bond motifs is 1. The number of rotatable bonds is 6. The molecule has 2 aromatic rings. The number of hydrogen-bond donors (Lipinski definition) is 1. The second-order valence-electron chi connectivity index (χ2n) is 4.14. The summed E-state index contributed by atoms with van der Waals surface area (Å²) in [5.41, 5.74) is 1.53. The SMILES string of the molecule is COCCn1c(CO)nc2ccc(OC(C)F)cc21. The van der Waals surface area contributed by atoms with Gasteiger partial charge in [0.25, 0.3) is 0 Å². The van der Waals surface area contributed by atoms with Crippen molar-refractivity contribution in [3.05, 3.63) is 24.0 Å². The van der Waals surface area contributed by atoms with Gasteiger partial charge in [-0.05, 0) is 12.1 Å². The summed E-state index contributed by atoms with van der Waals surface area (Å²) in [6, 6.07) is 5.12. The van der Waals surface area contributed by atoms with Crippen molar-refractivity contribution in [1.29, 1.82) is 0 Å². The Morgan fingerprint density at radius 1 is 1.47 bits per heavy atom. The summed E-state index contributed by atoms with van der Waals surface area (Å²) in [5, 5.41) is 9.32. The molecule has 1 unspecified atom stereocenters. The van der Waals surface area contributed by atoms with Crippen LogP contribution in [0.5, 0.6) is 5.75 Å². The number of halogens is 1. The van der Waals surface area contributed by atoms with Gasteiger partial charge in [0.15, 0.2) is 0 Å². The molecule has 1 aromatic heterocycles. The second kappa shape index (κ2) is 5.99. The number of ether oxygens (including phenoxy) is 2. The Morgan fingerprint density at radius 3 is 2.89 bits per heavy atom. The molecule has 0 fully saturated rings. The monoisotopic (exact) mass is 268 g/mol. The maximum absolute atomic E-state index is 12.9. The molecule has 0 saturated heterocycles. The Kier molecular flexibility index (Phi) is 4.34. The van der Waals surface area contributed by atoms with Crippen LogP contribution in [0, 0.1) is 0 Å². The van der Waals surface area contributed by atoms with E-state index < -0.39 is 6.36 Å². The van der Waals surface area contributed by atoms with Gasteiger partial charge in [-0.3, -0.25) is 0 Å². The predicted octanol–water partition coefficient (Wildman–Crippen LogP) is 1.87. The van der Waals surface area contributed by atoms with Gasteiger partial charge in [0, 0.05) is 26.6 Å². The van der Waals surface area contributed by atoms with Crippen LogP contribution in [0.2, 0.25) is 0 Å². The van der Waals surface area contributed by atoms with Crippen LogP contribution in [0.25, 0.3) is 11.0 Å². The second-order valence-corrected chi connectivity index (χ2v) is 4.14. The molecule has 1 atom stereocenters. The number of nitrogens with zero attached hydrogens (tertiary/aromatic N) is 2. The molecule has 0 bridgehead atoms. The fourth-order valence-corrected chi connectivity index (χ4v) is 1.97. The first kappa shape index (κ1) is 13.8. The number of imidazole rings is 1. The molecule has 0 amide bonds. The molecule has 1 N–H and O–H groups in total. The maximum atomic E-state index is 12.9. The standard InChI is InChI=1S/C13H17FN2O3/c1-9(14)19-10-3-4-11-12(7-10)16(5-6-18-2)13(8-17)15-11/h3-4,7,9,17H,5-6,8H2,1-2H3. The lowest BCUT2D eigenvalue weighted by atomic mass is 10.3. The topological polar surface area (TPSA) is 56.5 Å². The van der Waals surface area contributed by atoms with Gasteiger partial charge in [-0.1, -0.05) is 0 Å². The summed E-state index contributed by atoms with van der Waals surface area (Å²) in [6.45, 7) is 2.24. The molecule has 0 aliphatic rings. The third-order valence-corrected chi connectivity index (χ3v) is 2.76. The average Bonchev–Trinajstić information content (AvgIpc) is 2.73. The molecule has 0 aliphatic carbocycles. The van der Waals surface area contributed by atoms with Gasteiger partial charge >= 0.3 is 0 Å². The molecule has 19 heavy (non-hydrogen) atoms. The van der Waals surface area contributed by atoms with E-state index in [-0.39, 0.29) is 6.61 Å². The molecule has 1 heterocycles. The summed E-state index contributed by atoms with van der Waals surface area (Å²) >= 11 is 0. The Morgan fingerprint density at radius 2 is 2.26 bits per heavy atom. The zero-order chi connectivity index (χ0) is 13.8. The third kappa shape index (κ3) is 3.02. The minimum Gasteiger partial charge on any atom is -0.461 e. The van der Waals surface area contributed by atoms with Gasteiger partial charge < -0.3 is 19.1 Å². The Labute approximate surface area is 110 Å². The van der Waals surface area contributed by atoms with Gasteiger partial charge in [0.1, 0.15) is 18.2 Å². The summed E-state index contributed by atoms with van der Waals surface area (Å²) in [4.78, 5) is 4.31. The van der Waals surface area contributed by atoms with E-state index in [4.69, 9.17) is 9.47 Å². The molecule has 6 heteroatoms. The molecule has 2 rings (SSSR count). The van der Waals surface area contributed by atoms with E-state index in [9.17, 15) is 9.50 Å². The lowest BCUT2D eigenvalue weighted by Gasteiger charge is -2.09. The number of aromatic nitrogens is 2. The molecule has 1 aromatic carbocycles. The van der Waals surface area contributed by atoms with E-state index in [1.165, 1.54) is 6.92 Å². The number of hydrogen-bond acceptors (Lipinski definition) is 4. The molecule has 0 radical (unpaired) electrons. The van der Waals surface area contributed by atoms with Gasteiger partial charge in [-0.2, -0.15) is 0 Å². The van der Waals surface area contributed by atoms with E-state index in [1.54, 1.807) is 25.3 Å². The van der Waals surface area contributed by atoms with Crippen LogP contribution in [0.1, 0.15) is 12.7 Å². The smallest absolute Gasteiger partial charge is 0.235 e. The van der Waals surface area contributed by atoms with Gasteiger partial charge in [0.05, 0.1) is 17.6 Å². The van der Waals surface area contributed by atoms with Crippen LogP contribution >= 0.6 is 0 Å². The summed E-state index contributed by atoms with van der Waals surface area (Å²) in [6.07, 6.45) is -1.37. The number of alkyl halides is 1. The van der Waals surface area contributed by atoms with E-state index >= 15 is 0 Å². The van der Waals surface area contributed by atoms with Gasteiger partial charge in [0.2, 0.25) is 6.36 Å². The quantitative estimate of drug-likeness (QED) is 0.869. The van der Waals surface area contributed by atoms with Crippen LogP contribution in [-0.4, -0.2) is 34.7 Å². The molecular weight excluding hydrogens is 251 g/mol. The summed E-state index contributed by atoms with van der Waals surface area (Å²) in [7, 11) is 1.61. The van der Waals surface area contributed by atoms with Crippen LogP contribution in [-0.2, 0) is 17.9 Å². The van der Waals surface area contributed by atoms with Crippen molar-refractivity contribution < 1.29 is 19.0 Å². The summed E-state index contributed by atoms with van der Waals surface area (Å²) in [5.74, 6) is 0.989. The lowest BCUT2D eigenvalue weighted by Crippen LogP contribution is -2.08. The van der Waals surface area contributed by atoms with Crippen LogP contribution < -0.4 is 4.74 Å². The van der Waals surface area contributed by atoms with Crippen LogP contribution in [0.4, 0.5) is 4.39 Å². The first-order chi connectivity index (χ1) is 9.15. The minimum absolute atomic E-state index is 0.159. The highest BCUT2D eigenvalue weighted by molar-refractivity contribution is 5.77. The van der Waals surface area contributed by atoms with E-state index in [2.05, 4.69) is 4.98 Å². The van der Waals surface area contributed by atoms with Crippen LogP contribution in [0.15, 0.2) is 18.2 Å². The van der Waals surface area contributed by atoms with E-state index in [0.717, 1.165) is 11.0 Å². The zero-order valence-electron chi connectivity index (χ0n) is 11.0. The number of aliphatic hydroxyl groups excluding tert-OH is 1. The van der Waals surface area contributed by atoms with Gasteiger partial charge in [-0.15, -0.1) is 0 Å². The average molecular weight is 268 g/mol. The van der Waals surface area contributed by atoms with Crippen molar-refractivity contribution in [3.8, 4) is 5.75 Å². The normalized spacial score (nSPS) is 12.8. The molecule has 0 saturated carbocycles. The van der Waals surface area contributed by atoms with E-state index in [0.29, 0.717) is 24.7 Å². The first-order valence-corrected chi connectivity index (χ1v) is 6.05. The highest BCUT2D eigenvalue weighted by atomic mass is 19.1. The fraction of sp³-hybridized carbons (Fsp3) is 0.462. The molecule has 0 spiro atoms. The Hall–Kier alpha value is -1.66. The highest BCUT2D eigenvalue weighted by Crippen LogP contribution is 2.23. The zero-order valence-corrected chi connectivity index (χ0v) is 11.0. The van der Waals surface area contributed by atoms with Crippen molar-refractivity contribution in [2.75, 3.05) is 13.7 Å². The predicted molar refractivity (Wildman–Crippen MR) is 68.7 cm³/mol. The fourth-order valence-electron chi connectivity index (χ4n) is 1.97. The number of aliphatic hydroxyl groups is 1. The maximum Gasteiger partial charge on any atom is 0.235 e. The first-order valence-electron chi connectivity index (χ1n) is 6.05. The van der Waals surface area contributed by atoms with Crippen molar-refractivity contribution in [2.45, 2.75) is 26.4 Å². The molecular formula is C13H17FN2O3. The lowest BCUT2D eigenvalue weighted by molar-refractivity contribution is 0.0862. The highest BCUT2D eigenvalue weighted by Gasteiger charge is 2.11. The van der Waals surface area contributed by atoms with Crippen molar-refractivity contribution in [1.82, 2.24) is 9.55 Å². The Balaban J connectivity index is 2.42. The molecule has 0 aliphatic heterocycles. The Bertz CT molecular complexity index is 554. The summed E-state index contributed by atoms with van der Waals surface area (Å²) < 4.78 is 24.8. The van der Waals surface area contributed by atoms with Crippen molar-refractivity contribution in [2.24, 2.45) is 0 Å². The number of benzene rings is 1. The van der Waals surface area contributed by atoms with Crippen molar-refractivity contribution in [3.63, 3.8) is 0 Å². The van der Waals surface area contributed by atoms with Crippen molar-refractivity contribution >= 4 is 11.0 Å². The third-order valence-electron chi connectivity index (χ3n) is 2.76. The largest absolute Gasteiger partial charge is 0.461 e.